The first kappa shape index (κ1) is 14.6. The molecule has 1 aliphatic carbocycles. The van der Waals surface area contributed by atoms with Gasteiger partial charge in [-0.05, 0) is 31.0 Å². The largest absolute Gasteiger partial charge is 0.345 e. The summed E-state index contributed by atoms with van der Waals surface area (Å²) in [6.07, 6.45) is 1.73. The summed E-state index contributed by atoms with van der Waals surface area (Å²) in [5, 5.41) is 3.02. The van der Waals surface area contributed by atoms with E-state index in [1.54, 1.807) is 0 Å². The van der Waals surface area contributed by atoms with Crippen molar-refractivity contribution in [3.05, 3.63) is 33.8 Å². The summed E-state index contributed by atoms with van der Waals surface area (Å²) in [5.74, 6) is -2.36. The van der Waals surface area contributed by atoms with Crippen LogP contribution in [0.15, 0.2) is 18.2 Å². The third kappa shape index (κ3) is 3.85. The van der Waals surface area contributed by atoms with E-state index in [2.05, 4.69) is 10.7 Å². The summed E-state index contributed by atoms with van der Waals surface area (Å²) < 4.78 is 0. The van der Waals surface area contributed by atoms with Gasteiger partial charge in [0.1, 0.15) is 0 Å². The predicted octanol–water partition coefficient (Wildman–Crippen LogP) is 1.03. The molecule has 1 fully saturated rings. The molecule has 0 heterocycles. The SMILES string of the molecule is O=C(NNC(=O)c1ccc(Cl)cc1Cl)C(=O)NC1CC1. The molecule has 6 nitrogen and oxygen atoms in total. The Hall–Kier alpha value is -1.79. The maximum absolute atomic E-state index is 11.8. The number of carbonyl (C=O) groups excluding carboxylic acids is 3. The van der Waals surface area contributed by atoms with E-state index in [9.17, 15) is 14.4 Å². The number of amides is 3. The highest BCUT2D eigenvalue weighted by Gasteiger charge is 2.26. The fourth-order valence-electron chi connectivity index (χ4n) is 1.39. The number of nitrogens with one attached hydrogen (secondary N) is 3. The van der Waals surface area contributed by atoms with E-state index in [0.29, 0.717) is 5.02 Å². The third-order valence-electron chi connectivity index (χ3n) is 2.58. The standard InChI is InChI=1S/C12H11Cl2N3O3/c13-6-1-4-8(9(14)5-6)10(18)16-17-12(20)11(19)15-7-2-3-7/h1,4-5,7H,2-3H2,(H,15,19)(H,16,18)(H,17,20). The van der Waals surface area contributed by atoms with Gasteiger partial charge in [0.25, 0.3) is 5.91 Å². The summed E-state index contributed by atoms with van der Waals surface area (Å²) in [5.41, 5.74) is 4.26. The molecule has 0 atom stereocenters. The quantitative estimate of drug-likeness (QED) is 0.563. The minimum Gasteiger partial charge on any atom is -0.345 e. The molecule has 1 aliphatic rings. The van der Waals surface area contributed by atoms with E-state index < -0.39 is 17.7 Å². The van der Waals surface area contributed by atoms with Crippen molar-refractivity contribution in [2.75, 3.05) is 0 Å². The van der Waals surface area contributed by atoms with Crippen LogP contribution in [0.4, 0.5) is 0 Å². The van der Waals surface area contributed by atoms with Crippen LogP contribution in [-0.2, 0) is 9.59 Å². The number of rotatable bonds is 2. The van der Waals surface area contributed by atoms with Crippen LogP contribution in [0.1, 0.15) is 23.2 Å². The monoisotopic (exact) mass is 315 g/mol. The van der Waals surface area contributed by atoms with Crippen LogP contribution < -0.4 is 16.2 Å². The summed E-state index contributed by atoms with van der Waals surface area (Å²) in [6, 6.07) is 4.37. The molecule has 20 heavy (non-hydrogen) atoms. The number of hydrazine groups is 1. The second kappa shape index (κ2) is 6.11. The highest BCUT2D eigenvalue weighted by Crippen LogP contribution is 2.20. The number of halogens is 2. The van der Waals surface area contributed by atoms with Crippen molar-refractivity contribution >= 4 is 40.9 Å². The van der Waals surface area contributed by atoms with Crippen LogP contribution >= 0.6 is 23.2 Å². The topological polar surface area (TPSA) is 87.3 Å². The Labute approximate surface area is 124 Å². The average Bonchev–Trinajstić information content (AvgIpc) is 3.19. The van der Waals surface area contributed by atoms with Crippen molar-refractivity contribution in [1.82, 2.24) is 16.2 Å². The van der Waals surface area contributed by atoms with Gasteiger partial charge in [-0.15, -0.1) is 0 Å². The Morgan fingerprint density at radius 2 is 1.75 bits per heavy atom. The van der Waals surface area contributed by atoms with Crippen LogP contribution in [0.5, 0.6) is 0 Å². The fourth-order valence-corrected chi connectivity index (χ4v) is 1.88. The minimum absolute atomic E-state index is 0.0645. The molecule has 0 aliphatic heterocycles. The van der Waals surface area contributed by atoms with E-state index in [-0.39, 0.29) is 16.6 Å². The molecule has 0 saturated heterocycles. The first-order valence-corrected chi connectivity index (χ1v) is 6.59. The smallest absolute Gasteiger partial charge is 0.327 e. The van der Waals surface area contributed by atoms with Gasteiger partial charge >= 0.3 is 11.8 Å². The maximum Gasteiger partial charge on any atom is 0.327 e. The molecule has 2 rings (SSSR count). The molecule has 106 valence electrons. The van der Waals surface area contributed by atoms with Crippen LogP contribution in [0.2, 0.25) is 10.0 Å². The second-order valence-corrected chi connectivity index (χ2v) is 5.12. The molecule has 1 aromatic rings. The maximum atomic E-state index is 11.8. The fraction of sp³-hybridized carbons (Fsp3) is 0.250. The molecule has 1 saturated carbocycles. The van der Waals surface area contributed by atoms with Crippen molar-refractivity contribution in [2.24, 2.45) is 0 Å². The van der Waals surface area contributed by atoms with Crippen LogP contribution in [0, 0.1) is 0 Å². The molecule has 0 aromatic heterocycles. The highest BCUT2D eigenvalue weighted by molar-refractivity contribution is 6.37. The molecule has 0 radical (unpaired) electrons. The molecular formula is C12H11Cl2N3O3. The van der Waals surface area contributed by atoms with Crippen molar-refractivity contribution < 1.29 is 14.4 Å². The van der Waals surface area contributed by atoms with Gasteiger partial charge < -0.3 is 5.32 Å². The number of carbonyl (C=O) groups is 3. The Balaban J connectivity index is 1.87. The second-order valence-electron chi connectivity index (χ2n) is 4.28. The Morgan fingerprint density at radius 1 is 1.05 bits per heavy atom. The summed E-state index contributed by atoms with van der Waals surface area (Å²) in [4.78, 5) is 34.5. The predicted molar refractivity (Wildman–Crippen MR) is 73.2 cm³/mol. The van der Waals surface area contributed by atoms with Crippen LogP contribution in [-0.4, -0.2) is 23.8 Å². The lowest BCUT2D eigenvalue weighted by molar-refractivity contribution is -0.139. The molecule has 3 amide bonds. The molecular weight excluding hydrogens is 305 g/mol. The van der Waals surface area contributed by atoms with Crippen molar-refractivity contribution in [1.29, 1.82) is 0 Å². The van der Waals surface area contributed by atoms with Gasteiger partial charge in [0.15, 0.2) is 0 Å². The number of hydrogen-bond acceptors (Lipinski definition) is 3. The molecule has 0 unspecified atom stereocenters. The molecule has 0 bridgehead atoms. The summed E-state index contributed by atoms with van der Waals surface area (Å²) in [6.45, 7) is 0. The van der Waals surface area contributed by atoms with E-state index in [4.69, 9.17) is 23.2 Å². The van der Waals surface area contributed by atoms with Gasteiger partial charge in [-0.25, -0.2) is 0 Å². The van der Waals surface area contributed by atoms with Gasteiger partial charge in [-0.1, -0.05) is 23.2 Å². The van der Waals surface area contributed by atoms with Crippen molar-refractivity contribution in [3.63, 3.8) is 0 Å². The summed E-state index contributed by atoms with van der Waals surface area (Å²) in [7, 11) is 0. The summed E-state index contributed by atoms with van der Waals surface area (Å²) >= 11 is 11.5. The van der Waals surface area contributed by atoms with E-state index in [1.165, 1.54) is 18.2 Å². The minimum atomic E-state index is -0.935. The van der Waals surface area contributed by atoms with E-state index >= 15 is 0 Å². The first-order valence-electron chi connectivity index (χ1n) is 5.83. The van der Waals surface area contributed by atoms with Crippen LogP contribution in [0.25, 0.3) is 0 Å². The van der Waals surface area contributed by atoms with Crippen molar-refractivity contribution in [2.45, 2.75) is 18.9 Å². The van der Waals surface area contributed by atoms with E-state index in [0.717, 1.165) is 12.8 Å². The Morgan fingerprint density at radius 3 is 2.35 bits per heavy atom. The zero-order valence-electron chi connectivity index (χ0n) is 10.2. The van der Waals surface area contributed by atoms with Gasteiger partial charge in [-0.3, -0.25) is 25.2 Å². The lowest BCUT2D eigenvalue weighted by Gasteiger charge is -2.08. The molecule has 0 spiro atoms. The normalized spacial score (nSPS) is 13.5. The number of hydrogen-bond donors (Lipinski definition) is 3. The van der Waals surface area contributed by atoms with Gasteiger partial charge in [0.05, 0.1) is 10.6 Å². The molecule has 8 heteroatoms. The van der Waals surface area contributed by atoms with Gasteiger partial charge in [0.2, 0.25) is 0 Å². The zero-order chi connectivity index (χ0) is 14.7. The first-order chi connectivity index (χ1) is 9.47. The van der Waals surface area contributed by atoms with E-state index in [1.807, 2.05) is 5.43 Å². The lowest BCUT2D eigenvalue weighted by Crippen LogP contribution is -2.49. The van der Waals surface area contributed by atoms with Crippen LogP contribution in [0.3, 0.4) is 0 Å². The van der Waals surface area contributed by atoms with Gasteiger partial charge in [0, 0.05) is 11.1 Å². The third-order valence-corrected chi connectivity index (χ3v) is 3.13. The Kier molecular flexibility index (Phi) is 4.46. The average molecular weight is 316 g/mol. The molecule has 1 aromatic carbocycles. The zero-order valence-corrected chi connectivity index (χ0v) is 11.7. The highest BCUT2D eigenvalue weighted by atomic mass is 35.5. The molecule has 3 N–H and O–H groups in total. The van der Waals surface area contributed by atoms with Crippen molar-refractivity contribution in [3.8, 4) is 0 Å². The number of benzene rings is 1. The Bertz CT molecular complexity index is 573. The lowest BCUT2D eigenvalue weighted by atomic mass is 10.2. The van der Waals surface area contributed by atoms with Gasteiger partial charge in [-0.2, -0.15) is 0 Å².